The Balaban J connectivity index is 1.53. The summed E-state index contributed by atoms with van der Waals surface area (Å²) in [6.45, 7) is 2.76. The molecule has 202 valence electrons. The number of anilines is 1. The summed E-state index contributed by atoms with van der Waals surface area (Å²) in [6, 6.07) is 20.4. The third-order valence-electron chi connectivity index (χ3n) is 5.39. The van der Waals surface area contributed by atoms with E-state index < -0.39 is 17.4 Å². The molecule has 0 atom stereocenters. The van der Waals surface area contributed by atoms with Crippen molar-refractivity contribution in [3.8, 4) is 34.6 Å². The van der Waals surface area contributed by atoms with Gasteiger partial charge in [0, 0.05) is 23.9 Å². The molecule has 0 fully saturated rings. The number of nitro groups is 1. The average Bonchev–Trinajstić information content (AvgIpc) is 3.39. The maximum Gasteiger partial charge on any atom is 0.336 e. The number of nitro benzene ring substituents is 1. The monoisotopic (exact) mass is 533 g/mol. The number of para-hydroxylation sites is 2. The van der Waals surface area contributed by atoms with E-state index in [2.05, 4.69) is 15.4 Å². The maximum absolute atomic E-state index is 12.6. The molecule has 0 radical (unpaired) electrons. The lowest BCUT2D eigenvalue weighted by Crippen LogP contribution is -2.20. The number of carbonyl (C=O) groups is 1. The van der Waals surface area contributed by atoms with Crippen molar-refractivity contribution in [2.24, 2.45) is 0 Å². The fourth-order valence-electron chi connectivity index (χ4n) is 3.58. The largest absolute Gasteiger partial charge is 0.497 e. The van der Waals surface area contributed by atoms with Crippen LogP contribution in [0.25, 0.3) is 17.1 Å². The summed E-state index contributed by atoms with van der Waals surface area (Å²) in [5, 5.41) is 18.4. The Hall–Kier alpha value is -4.97. The summed E-state index contributed by atoms with van der Waals surface area (Å²) < 4.78 is 23.3. The minimum Gasteiger partial charge on any atom is -0.497 e. The number of hydrogen-bond acceptors (Lipinski definition) is 9. The van der Waals surface area contributed by atoms with E-state index >= 15 is 0 Å². The van der Waals surface area contributed by atoms with Gasteiger partial charge in [0.2, 0.25) is 0 Å². The van der Waals surface area contributed by atoms with Crippen LogP contribution < -0.4 is 19.5 Å². The second-order valence-corrected chi connectivity index (χ2v) is 8.02. The van der Waals surface area contributed by atoms with Gasteiger partial charge in [0.25, 0.3) is 5.91 Å². The number of ether oxygens (including phenoxy) is 4. The van der Waals surface area contributed by atoms with Crippen LogP contribution in [0.4, 0.5) is 11.4 Å². The summed E-state index contributed by atoms with van der Waals surface area (Å²) in [6.07, 6.45) is 0. The van der Waals surface area contributed by atoms with E-state index in [9.17, 15) is 14.9 Å². The number of amides is 1. The Morgan fingerprint density at radius 1 is 1.03 bits per heavy atom. The lowest BCUT2D eigenvalue weighted by molar-refractivity contribution is -0.385. The Morgan fingerprint density at radius 3 is 2.56 bits per heavy atom. The Bertz CT molecular complexity index is 1420. The molecule has 0 aliphatic heterocycles. The van der Waals surface area contributed by atoms with E-state index in [-0.39, 0.29) is 24.1 Å². The second-order valence-electron chi connectivity index (χ2n) is 8.02. The first kappa shape index (κ1) is 27.1. The van der Waals surface area contributed by atoms with E-state index in [1.807, 2.05) is 37.3 Å². The highest BCUT2D eigenvalue weighted by atomic mass is 16.6. The zero-order valence-electron chi connectivity index (χ0n) is 21.4. The van der Waals surface area contributed by atoms with E-state index in [1.165, 1.54) is 18.2 Å². The first-order valence-corrected chi connectivity index (χ1v) is 12.1. The number of methoxy groups -OCH3 is 1. The summed E-state index contributed by atoms with van der Waals surface area (Å²) >= 11 is 0. The van der Waals surface area contributed by atoms with Crippen LogP contribution in [0.5, 0.6) is 17.5 Å². The number of rotatable bonds is 13. The third kappa shape index (κ3) is 7.08. The molecule has 1 aromatic heterocycles. The highest BCUT2D eigenvalue weighted by molar-refractivity contribution is 5.92. The van der Waals surface area contributed by atoms with Gasteiger partial charge < -0.3 is 24.3 Å². The van der Waals surface area contributed by atoms with Crippen molar-refractivity contribution in [1.29, 1.82) is 0 Å². The molecule has 0 spiro atoms. The van der Waals surface area contributed by atoms with Gasteiger partial charge in [-0.05, 0) is 55.5 Å². The molecule has 1 heterocycles. The first-order chi connectivity index (χ1) is 19.0. The number of nitrogens with zero attached hydrogens (tertiary/aromatic N) is 4. The molecule has 39 heavy (non-hydrogen) atoms. The fraction of sp³-hybridized carbons (Fsp3) is 0.222. The van der Waals surface area contributed by atoms with Crippen molar-refractivity contribution in [3.63, 3.8) is 0 Å². The van der Waals surface area contributed by atoms with Crippen LogP contribution in [-0.4, -0.2) is 59.1 Å². The van der Waals surface area contributed by atoms with Crippen LogP contribution in [0.1, 0.15) is 6.92 Å². The molecule has 0 unspecified atom stereocenters. The summed E-state index contributed by atoms with van der Waals surface area (Å²) in [5.41, 5.74) is 1.64. The molecule has 12 heteroatoms. The number of benzene rings is 3. The molecule has 4 aromatic rings. The minimum atomic E-state index is -0.565. The fourth-order valence-corrected chi connectivity index (χ4v) is 3.58. The van der Waals surface area contributed by atoms with Crippen LogP contribution >= 0.6 is 0 Å². The zero-order valence-corrected chi connectivity index (χ0v) is 21.4. The number of carbonyl (C=O) groups excluding carboxylic acids is 1. The van der Waals surface area contributed by atoms with Gasteiger partial charge in [-0.3, -0.25) is 14.9 Å². The summed E-state index contributed by atoms with van der Waals surface area (Å²) in [5.74, 6) is 0.743. The standard InChI is InChI=1S/C27H27N5O7/c1-3-37-15-16-38-27-29-26(19-11-13-22(36-2)14-12-19)31(30-27)21-8-6-7-20(17-21)28-25(33)18-39-24-10-5-4-9-23(24)32(34)35/h4-14,17H,3,15-16,18H2,1-2H3,(H,28,33). The smallest absolute Gasteiger partial charge is 0.336 e. The molecule has 4 rings (SSSR count). The molecular formula is C27H27N5O7. The number of aromatic nitrogens is 3. The van der Waals surface area contributed by atoms with Gasteiger partial charge in [-0.25, -0.2) is 4.68 Å². The normalized spacial score (nSPS) is 10.6. The van der Waals surface area contributed by atoms with Crippen molar-refractivity contribution >= 4 is 17.3 Å². The topological polar surface area (TPSA) is 140 Å². The van der Waals surface area contributed by atoms with Crippen molar-refractivity contribution < 1.29 is 28.7 Å². The van der Waals surface area contributed by atoms with Crippen molar-refractivity contribution in [1.82, 2.24) is 14.8 Å². The second kappa shape index (κ2) is 13.0. The molecule has 1 N–H and O–H groups in total. The van der Waals surface area contributed by atoms with Crippen LogP contribution in [0.15, 0.2) is 72.8 Å². The predicted molar refractivity (Wildman–Crippen MR) is 143 cm³/mol. The quantitative estimate of drug-likeness (QED) is 0.151. The van der Waals surface area contributed by atoms with Crippen molar-refractivity contribution in [2.45, 2.75) is 6.92 Å². The third-order valence-corrected chi connectivity index (χ3v) is 5.39. The van der Waals surface area contributed by atoms with Crippen LogP contribution in [0.2, 0.25) is 0 Å². The van der Waals surface area contributed by atoms with Gasteiger partial charge in [-0.15, -0.1) is 5.10 Å². The number of hydrogen-bond donors (Lipinski definition) is 1. The van der Waals surface area contributed by atoms with Gasteiger partial charge in [0.15, 0.2) is 18.2 Å². The van der Waals surface area contributed by atoms with Gasteiger partial charge >= 0.3 is 11.7 Å². The molecule has 0 saturated heterocycles. The van der Waals surface area contributed by atoms with Crippen LogP contribution in [0.3, 0.4) is 0 Å². The van der Waals surface area contributed by atoms with Gasteiger partial charge in [0.1, 0.15) is 12.4 Å². The summed E-state index contributed by atoms with van der Waals surface area (Å²) in [7, 11) is 1.59. The average molecular weight is 534 g/mol. The lowest BCUT2D eigenvalue weighted by atomic mass is 10.2. The molecule has 0 aliphatic carbocycles. The predicted octanol–water partition coefficient (Wildman–Crippen LogP) is 4.28. The Morgan fingerprint density at radius 2 is 1.82 bits per heavy atom. The first-order valence-electron chi connectivity index (χ1n) is 12.1. The van der Waals surface area contributed by atoms with Crippen molar-refractivity contribution in [2.75, 3.05) is 38.9 Å². The molecule has 12 nitrogen and oxygen atoms in total. The molecule has 0 aliphatic rings. The van der Waals surface area contributed by atoms with E-state index in [4.69, 9.17) is 18.9 Å². The zero-order chi connectivity index (χ0) is 27.6. The Labute approximate surface area is 224 Å². The molecule has 3 aromatic carbocycles. The van der Waals surface area contributed by atoms with Gasteiger partial charge in [-0.2, -0.15) is 4.98 Å². The van der Waals surface area contributed by atoms with Gasteiger partial charge in [-0.1, -0.05) is 18.2 Å². The van der Waals surface area contributed by atoms with Gasteiger partial charge in [0.05, 0.1) is 24.3 Å². The molecular weight excluding hydrogens is 506 g/mol. The highest BCUT2D eigenvalue weighted by Crippen LogP contribution is 2.27. The number of nitrogens with one attached hydrogen (secondary N) is 1. The van der Waals surface area contributed by atoms with Crippen LogP contribution in [-0.2, 0) is 9.53 Å². The van der Waals surface area contributed by atoms with E-state index in [0.717, 1.165) is 5.56 Å². The lowest BCUT2D eigenvalue weighted by Gasteiger charge is -2.10. The maximum atomic E-state index is 12.6. The Kier molecular flexibility index (Phi) is 9.03. The van der Waals surface area contributed by atoms with Crippen LogP contribution in [0, 0.1) is 10.1 Å². The highest BCUT2D eigenvalue weighted by Gasteiger charge is 2.17. The van der Waals surface area contributed by atoms with E-state index in [1.54, 1.807) is 36.1 Å². The SMILES string of the molecule is CCOCCOc1nc(-c2ccc(OC)cc2)n(-c2cccc(NC(=O)COc3ccccc3[N+](=O)[O-])c2)n1. The molecule has 0 bridgehead atoms. The molecule has 0 saturated carbocycles. The summed E-state index contributed by atoms with van der Waals surface area (Å²) in [4.78, 5) is 27.7. The van der Waals surface area contributed by atoms with Crippen molar-refractivity contribution in [3.05, 3.63) is 82.9 Å². The van der Waals surface area contributed by atoms with E-state index in [0.29, 0.717) is 36.2 Å². The minimum absolute atomic E-state index is 0.00927. The molecule has 1 amide bonds.